The second kappa shape index (κ2) is 3.84. The monoisotopic (exact) mass is 238 g/mol. The molecule has 3 aromatic rings. The van der Waals surface area contributed by atoms with E-state index in [9.17, 15) is 0 Å². The minimum absolute atomic E-state index is 0.688. The van der Waals surface area contributed by atoms with E-state index in [1.807, 2.05) is 44.2 Å². The number of pyridine rings is 1. The highest BCUT2D eigenvalue weighted by Gasteiger charge is 2.09. The molecule has 0 saturated carbocycles. The molecule has 0 unspecified atom stereocenters. The van der Waals surface area contributed by atoms with Crippen molar-refractivity contribution in [3.8, 4) is 11.4 Å². The van der Waals surface area contributed by atoms with E-state index in [1.165, 1.54) is 0 Å². The minimum atomic E-state index is 0.688. The van der Waals surface area contributed by atoms with E-state index in [0.29, 0.717) is 5.69 Å². The predicted octanol–water partition coefficient (Wildman–Crippen LogP) is 2.82. The van der Waals surface area contributed by atoms with Gasteiger partial charge in [-0.05, 0) is 38.1 Å². The number of aromatic nitrogens is 3. The van der Waals surface area contributed by atoms with E-state index in [-0.39, 0.29) is 0 Å². The van der Waals surface area contributed by atoms with Crippen molar-refractivity contribution in [3.63, 3.8) is 0 Å². The zero-order chi connectivity index (χ0) is 12.7. The van der Waals surface area contributed by atoms with E-state index < -0.39 is 0 Å². The molecule has 2 heterocycles. The number of aryl methyl sites for hydroxylation is 2. The molecular weight excluding hydrogens is 224 g/mol. The van der Waals surface area contributed by atoms with E-state index in [0.717, 1.165) is 33.8 Å². The molecule has 0 aliphatic heterocycles. The number of nitrogens with zero attached hydrogens (tertiary/aromatic N) is 2. The Labute approximate surface area is 105 Å². The van der Waals surface area contributed by atoms with Crippen molar-refractivity contribution in [1.82, 2.24) is 15.0 Å². The number of para-hydroxylation sites is 1. The molecule has 3 rings (SSSR count). The summed E-state index contributed by atoms with van der Waals surface area (Å²) in [6.45, 7) is 3.96. The Kier molecular flexibility index (Phi) is 2.30. The molecular formula is C14H14N4. The fourth-order valence-corrected chi connectivity index (χ4v) is 2.12. The van der Waals surface area contributed by atoms with Gasteiger partial charge < -0.3 is 10.7 Å². The number of anilines is 1. The van der Waals surface area contributed by atoms with Gasteiger partial charge >= 0.3 is 0 Å². The lowest BCUT2D eigenvalue weighted by atomic mass is 10.2. The zero-order valence-electron chi connectivity index (χ0n) is 10.4. The number of nitrogen functional groups attached to an aromatic ring is 1. The van der Waals surface area contributed by atoms with E-state index in [2.05, 4.69) is 15.0 Å². The molecule has 0 saturated heterocycles. The molecule has 90 valence electrons. The average molecular weight is 238 g/mol. The van der Waals surface area contributed by atoms with Crippen LogP contribution in [0.3, 0.4) is 0 Å². The fourth-order valence-electron chi connectivity index (χ4n) is 2.12. The summed E-state index contributed by atoms with van der Waals surface area (Å²) < 4.78 is 0. The van der Waals surface area contributed by atoms with Crippen LogP contribution in [0, 0.1) is 13.8 Å². The molecule has 4 nitrogen and oxygen atoms in total. The summed E-state index contributed by atoms with van der Waals surface area (Å²) in [6.07, 6.45) is 0. The number of hydrogen-bond acceptors (Lipinski definition) is 3. The van der Waals surface area contributed by atoms with E-state index >= 15 is 0 Å². The number of rotatable bonds is 1. The molecule has 0 radical (unpaired) electrons. The number of nitrogens with one attached hydrogen (secondary N) is 1. The highest BCUT2D eigenvalue weighted by atomic mass is 14.9. The second-order valence-electron chi connectivity index (χ2n) is 4.41. The number of nitrogens with two attached hydrogens (primary N) is 1. The van der Waals surface area contributed by atoms with Crippen LogP contribution in [0.25, 0.3) is 22.4 Å². The van der Waals surface area contributed by atoms with Crippen molar-refractivity contribution in [2.24, 2.45) is 0 Å². The molecule has 4 heteroatoms. The first-order valence-corrected chi connectivity index (χ1v) is 5.84. The molecule has 2 aromatic heterocycles. The van der Waals surface area contributed by atoms with Crippen LogP contribution in [-0.4, -0.2) is 15.0 Å². The molecule has 18 heavy (non-hydrogen) atoms. The maximum Gasteiger partial charge on any atom is 0.140 e. The Morgan fingerprint density at radius 3 is 2.61 bits per heavy atom. The van der Waals surface area contributed by atoms with Crippen LogP contribution >= 0.6 is 0 Å². The van der Waals surface area contributed by atoms with Gasteiger partial charge in [-0.15, -0.1) is 0 Å². The summed E-state index contributed by atoms with van der Waals surface area (Å²) in [5.74, 6) is 0.813. The molecule has 0 bridgehead atoms. The summed E-state index contributed by atoms with van der Waals surface area (Å²) >= 11 is 0. The summed E-state index contributed by atoms with van der Waals surface area (Å²) in [5, 5.41) is 0. The first-order valence-electron chi connectivity index (χ1n) is 5.84. The van der Waals surface area contributed by atoms with Crippen molar-refractivity contribution in [2.45, 2.75) is 13.8 Å². The smallest absolute Gasteiger partial charge is 0.140 e. The van der Waals surface area contributed by atoms with Gasteiger partial charge in [0.1, 0.15) is 11.3 Å². The number of fused-ring (bicyclic) bond motifs is 1. The normalized spacial score (nSPS) is 11.0. The predicted molar refractivity (Wildman–Crippen MR) is 73.2 cm³/mol. The van der Waals surface area contributed by atoms with Crippen LogP contribution in [0.2, 0.25) is 0 Å². The fraction of sp³-hybridized carbons (Fsp3) is 0.143. The molecule has 3 N–H and O–H groups in total. The third-order valence-electron chi connectivity index (χ3n) is 3.02. The van der Waals surface area contributed by atoms with Crippen molar-refractivity contribution in [3.05, 3.63) is 41.7 Å². The number of H-pyrrole nitrogens is 1. The van der Waals surface area contributed by atoms with Gasteiger partial charge in [0.05, 0.1) is 11.2 Å². The number of benzene rings is 1. The molecule has 0 aliphatic rings. The van der Waals surface area contributed by atoms with Gasteiger partial charge in [-0.25, -0.2) is 4.98 Å². The van der Waals surface area contributed by atoms with Crippen molar-refractivity contribution in [1.29, 1.82) is 0 Å². The first kappa shape index (κ1) is 10.8. The van der Waals surface area contributed by atoms with Crippen LogP contribution < -0.4 is 5.73 Å². The standard InChI is InChI=1S/C14H14N4/c1-8-6-7-10(9(2)16-8)14-17-12-5-3-4-11(15)13(12)18-14/h3-7H,15H2,1-2H3,(H,17,18). The van der Waals surface area contributed by atoms with Gasteiger partial charge in [0.15, 0.2) is 0 Å². The van der Waals surface area contributed by atoms with E-state index in [4.69, 9.17) is 5.73 Å². The molecule has 0 amide bonds. The first-order chi connectivity index (χ1) is 8.65. The lowest BCUT2D eigenvalue weighted by Gasteiger charge is -2.02. The third-order valence-corrected chi connectivity index (χ3v) is 3.02. The molecule has 0 aliphatic carbocycles. The van der Waals surface area contributed by atoms with Crippen LogP contribution in [0.15, 0.2) is 30.3 Å². The van der Waals surface area contributed by atoms with E-state index in [1.54, 1.807) is 0 Å². The maximum atomic E-state index is 5.91. The van der Waals surface area contributed by atoms with Gasteiger partial charge in [-0.3, -0.25) is 4.98 Å². The van der Waals surface area contributed by atoms with Crippen molar-refractivity contribution in [2.75, 3.05) is 5.73 Å². The Bertz CT molecular complexity index is 728. The largest absolute Gasteiger partial charge is 0.397 e. The third kappa shape index (κ3) is 1.62. The molecule has 0 fully saturated rings. The lowest BCUT2D eigenvalue weighted by Crippen LogP contribution is -1.91. The summed E-state index contributed by atoms with van der Waals surface area (Å²) in [5.41, 5.74) is 11.3. The van der Waals surface area contributed by atoms with Gasteiger partial charge in [-0.2, -0.15) is 0 Å². The molecule has 1 aromatic carbocycles. The molecule has 0 spiro atoms. The topological polar surface area (TPSA) is 67.6 Å². The Morgan fingerprint density at radius 1 is 1.06 bits per heavy atom. The molecule has 0 atom stereocenters. The number of imidazole rings is 1. The van der Waals surface area contributed by atoms with Crippen molar-refractivity contribution < 1.29 is 0 Å². The average Bonchev–Trinajstić information content (AvgIpc) is 2.74. The quantitative estimate of drug-likeness (QED) is 0.640. The maximum absolute atomic E-state index is 5.91. The van der Waals surface area contributed by atoms with Crippen molar-refractivity contribution >= 4 is 16.7 Å². The Morgan fingerprint density at radius 2 is 1.89 bits per heavy atom. The summed E-state index contributed by atoms with van der Waals surface area (Å²) in [7, 11) is 0. The SMILES string of the molecule is Cc1ccc(-c2nc3c(N)cccc3[nH]2)c(C)n1. The lowest BCUT2D eigenvalue weighted by molar-refractivity contribution is 1.11. The van der Waals surface area contributed by atoms with Gasteiger partial charge in [0.2, 0.25) is 0 Å². The van der Waals surface area contributed by atoms with Crippen LogP contribution in [-0.2, 0) is 0 Å². The second-order valence-corrected chi connectivity index (χ2v) is 4.41. The van der Waals surface area contributed by atoms with Gasteiger partial charge in [0, 0.05) is 17.0 Å². The number of hydrogen-bond donors (Lipinski definition) is 2. The zero-order valence-corrected chi connectivity index (χ0v) is 10.4. The Hall–Kier alpha value is -2.36. The highest BCUT2D eigenvalue weighted by molar-refractivity contribution is 5.89. The van der Waals surface area contributed by atoms with Crippen LogP contribution in [0.1, 0.15) is 11.4 Å². The van der Waals surface area contributed by atoms with Crippen LogP contribution in [0.5, 0.6) is 0 Å². The van der Waals surface area contributed by atoms with Crippen LogP contribution in [0.4, 0.5) is 5.69 Å². The number of aromatic amines is 1. The Balaban J connectivity index is 2.23. The minimum Gasteiger partial charge on any atom is -0.397 e. The summed E-state index contributed by atoms with van der Waals surface area (Å²) in [4.78, 5) is 12.3. The van der Waals surface area contributed by atoms with Gasteiger partial charge in [0.25, 0.3) is 0 Å². The highest BCUT2D eigenvalue weighted by Crippen LogP contribution is 2.25. The van der Waals surface area contributed by atoms with Gasteiger partial charge in [-0.1, -0.05) is 6.07 Å². The summed E-state index contributed by atoms with van der Waals surface area (Å²) in [6, 6.07) is 9.76.